The molecule has 1 fully saturated rings. The number of para-hydroxylation sites is 1. The summed E-state index contributed by atoms with van der Waals surface area (Å²) in [5, 5.41) is 16.6. The minimum absolute atomic E-state index is 0.0443. The second-order valence-corrected chi connectivity index (χ2v) is 7.69. The lowest BCUT2D eigenvalue weighted by Crippen LogP contribution is -2.42. The van der Waals surface area contributed by atoms with Crippen molar-refractivity contribution in [3.8, 4) is 5.75 Å². The third kappa shape index (κ3) is 4.12. The van der Waals surface area contributed by atoms with Crippen molar-refractivity contribution in [3.05, 3.63) is 44.2 Å². The smallest absolute Gasteiger partial charge is 0.257 e. The molecule has 2 aromatic carbocycles. The van der Waals surface area contributed by atoms with E-state index in [1.54, 1.807) is 33.3 Å². The Hall–Kier alpha value is -2.87. The number of carbonyl (C=O) groups is 1. The van der Waals surface area contributed by atoms with Crippen LogP contribution in [0, 0.1) is 5.92 Å². The van der Waals surface area contributed by atoms with Gasteiger partial charge < -0.3 is 25.4 Å². The van der Waals surface area contributed by atoms with Crippen molar-refractivity contribution >= 4 is 23.0 Å². The Labute approximate surface area is 169 Å². The molecule has 3 rings (SSSR count). The minimum atomic E-state index is -0.643. The highest BCUT2D eigenvalue weighted by Crippen LogP contribution is 2.33. The quantitative estimate of drug-likeness (QED) is 0.481. The largest absolute Gasteiger partial charge is 0.505 e. The van der Waals surface area contributed by atoms with Gasteiger partial charge in [0.2, 0.25) is 0 Å². The van der Waals surface area contributed by atoms with Crippen LogP contribution in [-0.2, 0) is 4.74 Å². The zero-order valence-electron chi connectivity index (χ0n) is 16.9. The van der Waals surface area contributed by atoms with Crippen LogP contribution in [0.3, 0.4) is 0 Å². The van der Waals surface area contributed by atoms with E-state index in [0.717, 1.165) is 25.7 Å². The Morgan fingerprint density at radius 2 is 1.86 bits per heavy atom. The number of anilines is 3. The molecule has 0 radical (unpaired) electrons. The Kier molecular flexibility index (Phi) is 6.22. The van der Waals surface area contributed by atoms with E-state index in [4.69, 9.17) is 4.74 Å². The molecule has 29 heavy (non-hydrogen) atoms. The fourth-order valence-electron chi connectivity index (χ4n) is 3.84. The van der Waals surface area contributed by atoms with Gasteiger partial charge in [0.25, 0.3) is 16.8 Å². The zero-order valence-corrected chi connectivity index (χ0v) is 16.9. The van der Waals surface area contributed by atoms with Crippen molar-refractivity contribution < 1.29 is 14.6 Å². The summed E-state index contributed by atoms with van der Waals surface area (Å²) < 4.78 is 5.29. The normalized spacial score (nSPS) is 19.1. The molecule has 1 unspecified atom stereocenters. The highest BCUT2D eigenvalue weighted by atomic mass is 16.5. The van der Waals surface area contributed by atoms with Gasteiger partial charge in [-0.15, -0.1) is 0 Å². The number of benzene rings is 1. The van der Waals surface area contributed by atoms with Crippen LogP contribution in [0.2, 0.25) is 0 Å². The van der Waals surface area contributed by atoms with Crippen LogP contribution in [0.25, 0.3) is 0 Å². The highest BCUT2D eigenvalue weighted by molar-refractivity contribution is 5.99. The number of hydrogen-bond acceptors (Lipinski definition) is 7. The summed E-state index contributed by atoms with van der Waals surface area (Å²) in [7, 11) is 4.82. The van der Waals surface area contributed by atoms with E-state index in [9.17, 15) is 19.5 Å². The van der Waals surface area contributed by atoms with Gasteiger partial charge in [0.1, 0.15) is 11.4 Å². The summed E-state index contributed by atoms with van der Waals surface area (Å²) in [6.45, 7) is 0.589. The van der Waals surface area contributed by atoms with Gasteiger partial charge in [-0.3, -0.25) is 14.4 Å². The van der Waals surface area contributed by atoms with Gasteiger partial charge in [-0.1, -0.05) is 18.9 Å². The van der Waals surface area contributed by atoms with Crippen molar-refractivity contribution in [2.45, 2.75) is 31.7 Å². The molecule has 0 bridgehead atoms. The number of carbonyl (C=O) groups excluding carboxylic acids is 1. The number of rotatable bonds is 7. The molecule has 0 aliphatic heterocycles. The van der Waals surface area contributed by atoms with E-state index < -0.39 is 10.9 Å². The van der Waals surface area contributed by atoms with E-state index in [1.807, 2.05) is 0 Å². The van der Waals surface area contributed by atoms with Crippen LogP contribution in [0.1, 0.15) is 36.0 Å². The van der Waals surface area contributed by atoms with E-state index >= 15 is 0 Å². The van der Waals surface area contributed by atoms with Gasteiger partial charge in [-0.2, -0.15) is 0 Å². The summed E-state index contributed by atoms with van der Waals surface area (Å²) in [5.41, 5.74) is -0.566. The minimum Gasteiger partial charge on any atom is -0.505 e. The third-order valence-electron chi connectivity index (χ3n) is 5.46. The summed E-state index contributed by atoms with van der Waals surface area (Å²) in [4.78, 5) is 37.9. The van der Waals surface area contributed by atoms with Gasteiger partial charge >= 0.3 is 0 Å². The first-order chi connectivity index (χ1) is 13.8. The van der Waals surface area contributed by atoms with Crippen molar-refractivity contribution in [1.82, 2.24) is 4.90 Å². The summed E-state index contributed by atoms with van der Waals surface area (Å²) >= 11 is 0. The number of phenolic OH excluding ortho intramolecular Hbond substituents is 1. The molecule has 0 saturated heterocycles. The molecule has 1 aliphatic carbocycles. The Morgan fingerprint density at radius 3 is 2.55 bits per heavy atom. The maximum absolute atomic E-state index is 12.2. The first kappa shape index (κ1) is 20.9. The molecule has 2 aromatic rings. The van der Waals surface area contributed by atoms with E-state index in [-0.39, 0.29) is 46.2 Å². The number of ether oxygens (including phenoxy) is 1. The summed E-state index contributed by atoms with van der Waals surface area (Å²) in [5.74, 6) is -0.361. The van der Waals surface area contributed by atoms with Gasteiger partial charge in [0.05, 0.1) is 17.9 Å². The van der Waals surface area contributed by atoms with Gasteiger partial charge in [-0.05, 0) is 25.0 Å². The lowest BCUT2D eigenvalue weighted by Gasteiger charge is -2.33. The van der Waals surface area contributed by atoms with Crippen LogP contribution in [0.4, 0.5) is 17.1 Å². The number of nitrogens with one attached hydrogen (secondary N) is 2. The molecular weight excluding hydrogens is 374 g/mol. The molecule has 1 amide bonds. The van der Waals surface area contributed by atoms with E-state index in [2.05, 4.69) is 10.6 Å². The molecule has 0 aromatic heterocycles. The zero-order chi connectivity index (χ0) is 21.1. The first-order valence-corrected chi connectivity index (χ1v) is 9.74. The van der Waals surface area contributed by atoms with Gasteiger partial charge in [0.15, 0.2) is 5.75 Å². The number of methoxy groups -OCH3 is 1. The highest BCUT2D eigenvalue weighted by Gasteiger charge is 2.30. The average Bonchev–Trinajstić information content (AvgIpc) is 2.72. The molecular formula is C21H27N3O5. The average molecular weight is 401 g/mol. The van der Waals surface area contributed by atoms with Crippen molar-refractivity contribution in [3.63, 3.8) is 0 Å². The molecule has 0 spiro atoms. The number of amides is 1. The predicted octanol–water partition coefficient (Wildman–Crippen LogP) is 2.05. The third-order valence-corrected chi connectivity index (χ3v) is 5.46. The standard InChI is InChI=1S/C21H27N3O5/c1-24(2)21(28)13-8-6-10-15(18(13)25)23-17-16(19(26)20(17)27)22-14-9-5-4-7-12(14)11-29-3/h6,8,10,12,14,22-23,25H,4-5,7,9,11H2,1-3H3/t12-,14?/m0/s1. The Balaban J connectivity index is 1.85. The second kappa shape index (κ2) is 8.65. The fourth-order valence-corrected chi connectivity index (χ4v) is 3.84. The van der Waals surface area contributed by atoms with Crippen molar-refractivity contribution in [1.29, 1.82) is 0 Å². The van der Waals surface area contributed by atoms with Crippen LogP contribution < -0.4 is 21.5 Å². The number of nitrogens with zero attached hydrogens (tertiary/aromatic N) is 1. The number of aromatic hydroxyl groups is 1. The predicted molar refractivity (Wildman–Crippen MR) is 112 cm³/mol. The molecule has 3 N–H and O–H groups in total. The van der Waals surface area contributed by atoms with Crippen LogP contribution in [0.15, 0.2) is 27.8 Å². The Bertz CT molecular complexity index is 960. The maximum atomic E-state index is 12.2. The molecule has 8 heteroatoms. The van der Waals surface area contributed by atoms with Crippen LogP contribution in [-0.4, -0.2) is 49.8 Å². The topological polar surface area (TPSA) is 108 Å². The van der Waals surface area contributed by atoms with Crippen molar-refractivity contribution in [2.75, 3.05) is 38.4 Å². The number of phenols is 1. The van der Waals surface area contributed by atoms with Crippen molar-refractivity contribution in [2.24, 2.45) is 5.92 Å². The molecule has 8 nitrogen and oxygen atoms in total. The molecule has 1 saturated carbocycles. The summed E-state index contributed by atoms with van der Waals surface area (Å²) in [6, 6.07) is 4.70. The van der Waals surface area contributed by atoms with Crippen LogP contribution >= 0.6 is 0 Å². The first-order valence-electron chi connectivity index (χ1n) is 9.74. The number of hydrogen-bond donors (Lipinski definition) is 3. The van der Waals surface area contributed by atoms with Gasteiger partial charge in [-0.25, -0.2) is 0 Å². The molecule has 1 aliphatic rings. The van der Waals surface area contributed by atoms with Gasteiger partial charge in [0, 0.05) is 33.2 Å². The molecule has 156 valence electrons. The lowest BCUT2D eigenvalue weighted by atomic mass is 9.84. The molecule has 2 atom stereocenters. The maximum Gasteiger partial charge on any atom is 0.257 e. The van der Waals surface area contributed by atoms with E-state index in [1.165, 1.54) is 11.0 Å². The monoisotopic (exact) mass is 401 g/mol. The molecule has 0 heterocycles. The Morgan fingerprint density at radius 1 is 1.17 bits per heavy atom. The van der Waals surface area contributed by atoms with E-state index in [0.29, 0.717) is 6.61 Å². The fraction of sp³-hybridized carbons (Fsp3) is 0.476. The SMILES string of the molecule is COC[C@@H]1CCCCC1Nc1c(Nc2cccc(C(=O)N(C)C)c2O)c(=O)c1=O. The second-order valence-electron chi connectivity index (χ2n) is 7.69. The lowest BCUT2D eigenvalue weighted by molar-refractivity contribution is 0.0824. The summed E-state index contributed by atoms with van der Waals surface area (Å²) in [6.07, 6.45) is 4.05. The van der Waals surface area contributed by atoms with Crippen LogP contribution in [0.5, 0.6) is 5.75 Å².